The number of hydrogen-bond donors (Lipinski definition) is 1. The van der Waals surface area contributed by atoms with Crippen molar-refractivity contribution in [2.75, 3.05) is 0 Å². The van der Waals surface area contributed by atoms with Gasteiger partial charge in [0.05, 0.1) is 16.0 Å². The van der Waals surface area contributed by atoms with Crippen LogP contribution in [0, 0.1) is 17.0 Å². The molecule has 0 amide bonds. The Morgan fingerprint density at radius 3 is 2.62 bits per heavy atom. The lowest BCUT2D eigenvalue weighted by atomic mass is 10.2. The van der Waals surface area contributed by atoms with E-state index in [0.29, 0.717) is 5.56 Å². The Morgan fingerprint density at radius 2 is 1.96 bits per heavy atom. The molecule has 0 heterocycles. The Kier molecular flexibility index (Phi) is 5.82. The number of sulfonamides is 1. The lowest BCUT2D eigenvalue weighted by molar-refractivity contribution is -0.385. The van der Waals surface area contributed by atoms with Gasteiger partial charge in [-0.2, -0.15) is 22.3 Å². The number of rotatable bonds is 7. The van der Waals surface area contributed by atoms with E-state index in [2.05, 4.69) is 9.84 Å². The average molecular weight is 385 g/mol. The molecule has 0 fully saturated rings. The highest BCUT2D eigenvalue weighted by atomic mass is 32.2. The maximum atomic E-state index is 12.3. The quantitative estimate of drug-likeness (QED) is 0.448. The van der Waals surface area contributed by atoms with Gasteiger partial charge in [-0.05, 0) is 25.1 Å². The summed E-state index contributed by atoms with van der Waals surface area (Å²) in [4.78, 5) is 11.7. The standard InChI is InChI=1S/C15H13F2N3O5S/c1-10-6-7-12(8-13(10)20(21)22)26(23,24)19-18-9-11-4-2-3-5-14(11)25-15(16)17/h2-9,15,19H,1H3/b18-9+. The van der Waals surface area contributed by atoms with Crippen molar-refractivity contribution in [3.8, 4) is 5.75 Å². The number of benzene rings is 2. The lowest BCUT2D eigenvalue weighted by Gasteiger charge is -2.07. The molecule has 0 aliphatic carbocycles. The molecule has 2 aromatic rings. The van der Waals surface area contributed by atoms with Gasteiger partial charge in [-0.1, -0.05) is 18.2 Å². The third-order valence-electron chi connectivity index (χ3n) is 3.20. The highest BCUT2D eigenvalue weighted by Gasteiger charge is 2.19. The molecule has 2 aromatic carbocycles. The van der Waals surface area contributed by atoms with E-state index < -0.39 is 21.6 Å². The van der Waals surface area contributed by atoms with E-state index in [0.717, 1.165) is 12.3 Å². The van der Waals surface area contributed by atoms with Crippen molar-refractivity contribution in [2.24, 2.45) is 5.10 Å². The summed E-state index contributed by atoms with van der Waals surface area (Å²) in [6, 6.07) is 9.04. The van der Waals surface area contributed by atoms with E-state index in [1.54, 1.807) is 0 Å². The summed E-state index contributed by atoms with van der Waals surface area (Å²) in [5, 5.41) is 14.4. The van der Waals surface area contributed by atoms with Crippen LogP contribution in [-0.4, -0.2) is 26.2 Å². The first-order chi connectivity index (χ1) is 12.2. The number of aryl methyl sites for hydroxylation is 1. The van der Waals surface area contributed by atoms with Gasteiger partial charge in [0.2, 0.25) is 0 Å². The highest BCUT2D eigenvalue weighted by molar-refractivity contribution is 7.89. The number of halogens is 2. The Labute approximate surface area is 147 Å². The number of nitro groups is 1. The summed E-state index contributed by atoms with van der Waals surface area (Å²) in [5.74, 6) is -0.184. The van der Waals surface area contributed by atoms with Crippen molar-refractivity contribution in [3.63, 3.8) is 0 Å². The molecule has 0 radical (unpaired) electrons. The van der Waals surface area contributed by atoms with Crippen LogP contribution in [0.2, 0.25) is 0 Å². The normalized spacial score (nSPS) is 11.7. The first-order valence-electron chi connectivity index (χ1n) is 7.04. The first-order valence-corrected chi connectivity index (χ1v) is 8.53. The van der Waals surface area contributed by atoms with Crippen molar-refractivity contribution in [3.05, 3.63) is 63.7 Å². The number of alkyl halides is 2. The van der Waals surface area contributed by atoms with Crippen LogP contribution < -0.4 is 9.57 Å². The summed E-state index contributed by atoms with van der Waals surface area (Å²) in [5.41, 5.74) is 0.0634. The molecular weight excluding hydrogens is 372 g/mol. The molecule has 0 aromatic heterocycles. The maximum Gasteiger partial charge on any atom is 0.387 e. The van der Waals surface area contributed by atoms with Crippen LogP contribution in [0.1, 0.15) is 11.1 Å². The zero-order chi connectivity index (χ0) is 19.3. The molecule has 26 heavy (non-hydrogen) atoms. The topological polar surface area (TPSA) is 111 Å². The van der Waals surface area contributed by atoms with E-state index in [1.165, 1.54) is 43.3 Å². The van der Waals surface area contributed by atoms with Crippen molar-refractivity contribution >= 4 is 21.9 Å². The van der Waals surface area contributed by atoms with Crippen LogP contribution in [0.5, 0.6) is 5.75 Å². The molecule has 11 heteroatoms. The first kappa shape index (κ1) is 19.2. The van der Waals surface area contributed by atoms with Gasteiger partial charge in [0.25, 0.3) is 15.7 Å². The van der Waals surface area contributed by atoms with Gasteiger partial charge in [0, 0.05) is 17.2 Å². The maximum absolute atomic E-state index is 12.3. The van der Waals surface area contributed by atoms with E-state index in [-0.39, 0.29) is 21.9 Å². The number of nitrogens with one attached hydrogen (secondary N) is 1. The van der Waals surface area contributed by atoms with E-state index in [4.69, 9.17) is 0 Å². The minimum atomic E-state index is -4.18. The molecule has 0 saturated heterocycles. The molecule has 0 unspecified atom stereocenters. The molecule has 138 valence electrons. The Bertz CT molecular complexity index is 948. The third-order valence-corrected chi connectivity index (χ3v) is 4.42. The summed E-state index contributed by atoms with van der Waals surface area (Å²) in [7, 11) is -4.18. The second-order valence-corrected chi connectivity index (χ2v) is 6.64. The fourth-order valence-corrected chi connectivity index (χ4v) is 2.77. The predicted molar refractivity (Wildman–Crippen MR) is 88.8 cm³/mol. The van der Waals surface area contributed by atoms with Gasteiger partial charge in [-0.3, -0.25) is 10.1 Å². The molecule has 1 N–H and O–H groups in total. The monoisotopic (exact) mass is 385 g/mol. The van der Waals surface area contributed by atoms with E-state index in [1.807, 2.05) is 4.83 Å². The van der Waals surface area contributed by atoms with Crippen LogP contribution >= 0.6 is 0 Å². The fourth-order valence-electron chi connectivity index (χ4n) is 1.96. The minimum absolute atomic E-state index is 0.116. The molecule has 0 spiro atoms. The minimum Gasteiger partial charge on any atom is -0.434 e. The lowest BCUT2D eigenvalue weighted by Crippen LogP contribution is -2.18. The molecule has 0 aliphatic heterocycles. The van der Waals surface area contributed by atoms with E-state index >= 15 is 0 Å². The summed E-state index contributed by atoms with van der Waals surface area (Å²) >= 11 is 0. The molecule has 2 rings (SSSR count). The zero-order valence-electron chi connectivity index (χ0n) is 13.3. The molecule has 8 nitrogen and oxygen atoms in total. The van der Waals surface area contributed by atoms with Crippen LogP contribution in [0.3, 0.4) is 0 Å². The van der Waals surface area contributed by atoms with Crippen molar-refractivity contribution < 1.29 is 26.9 Å². The van der Waals surface area contributed by atoms with Crippen molar-refractivity contribution in [1.29, 1.82) is 0 Å². The number of hydrogen-bond acceptors (Lipinski definition) is 6. The Balaban J connectivity index is 2.22. The Hall–Kier alpha value is -3.08. The van der Waals surface area contributed by atoms with Crippen LogP contribution in [0.15, 0.2) is 52.5 Å². The van der Waals surface area contributed by atoms with Gasteiger partial charge in [-0.25, -0.2) is 4.83 Å². The summed E-state index contributed by atoms with van der Waals surface area (Å²) < 4.78 is 53.3. The van der Waals surface area contributed by atoms with Crippen molar-refractivity contribution in [2.45, 2.75) is 18.4 Å². The molecule has 0 saturated carbocycles. The number of nitro benzene ring substituents is 1. The largest absolute Gasteiger partial charge is 0.434 e. The molecule has 0 aliphatic rings. The van der Waals surface area contributed by atoms with Gasteiger partial charge in [0.1, 0.15) is 5.75 Å². The predicted octanol–water partition coefficient (Wildman–Crippen LogP) is 2.82. The average Bonchev–Trinajstić information content (AvgIpc) is 2.55. The van der Waals surface area contributed by atoms with Crippen LogP contribution in [0.4, 0.5) is 14.5 Å². The second kappa shape index (κ2) is 7.87. The van der Waals surface area contributed by atoms with Crippen molar-refractivity contribution in [1.82, 2.24) is 4.83 Å². The van der Waals surface area contributed by atoms with Crippen LogP contribution in [-0.2, 0) is 10.0 Å². The number of ether oxygens (including phenoxy) is 1. The number of para-hydroxylation sites is 1. The third kappa shape index (κ3) is 4.72. The summed E-state index contributed by atoms with van der Waals surface area (Å²) in [6.45, 7) is -1.57. The van der Waals surface area contributed by atoms with E-state index in [9.17, 15) is 27.3 Å². The number of hydrazone groups is 1. The fraction of sp³-hybridized carbons (Fsp3) is 0.133. The second-order valence-electron chi connectivity index (χ2n) is 4.97. The van der Waals surface area contributed by atoms with Gasteiger partial charge in [-0.15, -0.1) is 0 Å². The number of nitrogens with zero attached hydrogens (tertiary/aromatic N) is 2. The van der Waals surface area contributed by atoms with Crippen LogP contribution in [0.25, 0.3) is 0 Å². The highest BCUT2D eigenvalue weighted by Crippen LogP contribution is 2.22. The van der Waals surface area contributed by atoms with Gasteiger partial charge < -0.3 is 4.74 Å². The van der Waals surface area contributed by atoms with Gasteiger partial charge in [0.15, 0.2) is 0 Å². The Morgan fingerprint density at radius 1 is 1.27 bits per heavy atom. The SMILES string of the molecule is Cc1ccc(S(=O)(=O)N/N=C/c2ccccc2OC(F)F)cc1[N+](=O)[O-]. The van der Waals surface area contributed by atoms with Gasteiger partial charge >= 0.3 is 6.61 Å². The molecule has 0 atom stereocenters. The smallest absolute Gasteiger partial charge is 0.387 e. The molecule has 0 bridgehead atoms. The summed E-state index contributed by atoms with van der Waals surface area (Å²) in [6.07, 6.45) is 0.984. The zero-order valence-corrected chi connectivity index (χ0v) is 14.1. The molecular formula is C15H13F2N3O5S.